The monoisotopic (exact) mass is 310 g/mol. The van der Waals surface area contributed by atoms with Gasteiger partial charge in [-0.25, -0.2) is 0 Å². The summed E-state index contributed by atoms with van der Waals surface area (Å²) in [6, 6.07) is 1.30. The van der Waals surface area contributed by atoms with Gasteiger partial charge in [0.15, 0.2) is 0 Å². The first-order valence-electron chi connectivity index (χ1n) is 7.79. The van der Waals surface area contributed by atoms with Crippen LogP contribution in [0.1, 0.15) is 32.6 Å². The lowest BCUT2D eigenvalue weighted by Crippen LogP contribution is -2.37. The van der Waals surface area contributed by atoms with Crippen molar-refractivity contribution in [3.05, 3.63) is 5.28 Å². The Morgan fingerprint density at radius 1 is 1.19 bits per heavy atom. The summed E-state index contributed by atoms with van der Waals surface area (Å²) in [6.45, 7) is 4.91. The highest BCUT2D eigenvalue weighted by atomic mass is 35.5. The molecule has 21 heavy (non-hydrogen) atoms. The summed E-state index contributed by atoms with van der Waals surface area (Å²) < 4.78 is 0. The number of nitrogens with zero attached hydrogens (tertiary/aromatic N) is 5. The molecule has 2 saturated heterocycles. The number of fused-ring (bicyclic) bond motifs is 2. The third kappa shape index (κ3) is 3.21. The topological polar surface area (TPSA) is 57.2 Å². The number of halogens is 1. The zero-order valence-corrected chi connectivity index (χ0v) is 13.5. The van der Waals surface area contributed by atoms with Gasteiger partial charge < -0.3 is 10.2 Å². The van der Waals surface area contributed by atoms with Gasteiger partial charge in [0.25, 0.3) is 0 Å². The molecule has 3 rings (SSSR count). The van der Waals surface area contributed by atoms with Crippen molar-refractivity contribution in [2.75, 3.05) is 36.9 Å². The number of likely N-dealkylation sites (N-methyl/N-ethyl adjacent to an activating group) is 1. The molecule has 6 nitrogen and oxygen atoms in total. The molecule has 2 unspecified atom stereocenters. The van der Waals surface area contributed by atoms with E-state index in [1.807, 2.05) is 0 Å². The molecule has 2 aliphatic heterocycles. The van der Waals surface area contributed by atoms with Crippen LogP contribution in [0.15, 0.2) is 0 Å². The second-order valence-electron chi connectivity index (χ2n) is 5.94. The highest BCUT2D eigenvalue weighted by Gasteiger charge is 2.35. The largest absolute Gasteiger partial charge is 0.354 e. The van der Waals surface area contributed by atoms with Crippen LogP contribution in [0.4, 0.5) is 11.9 Å². The highest BCUT2D eigenvalue weighted by Crippen LogP contribution is 2.30. The van der Waals surface area contributed by atoms with E-state index in [0.717, 1.165) is 32.5 Å². The molecule has 1 aromatic rings. The summed E-state index contributed by atoms with van der Waals surface area (Å²) in [5.74, 6) is 1.28. The second kappa shape index (κ2) is 6.32. The van der Waals surface area contributed by atoms with E-state index in [-0.39, 0.29) is 5.28 Å². The minimum absolute atomic E-state index is 0.265. The van der Waals surface area contributed by atoms with E-state index in [1.165, 1.54) is 12.8 Å². The number of hydrogen-bond donors (Lipinski definition) is 1. The minimum Gasteiger partial charge on any atom is -0.354 e. The van der Waals surface area contributed by atoms with E-state index in [4.69, 9.17) is 11.6 Å². The average molecular weight is 311 g/mol. The highest BCUT2D eigenvalue weighted by molar-refractivity contribution is 6.28. The molecule has 0 saturated carbocycles. The maximum atomic E-state index is 6.06. The van der Waals surface area contributed by atoms with Crippen LogP contribution in [0.25, 0.3) is 0 Å². The van der Waals surface area contributed by atoms with Crippen molar-refractivity contribution in [3.8, 4) is 0 Å². The van der Waals surface area contributed by atoms with E-state index < -0.39 is 0 Å². The Balaban J connectivity index is 1.78. The number of rotatable bonds is 4. The van der Waals surface area contributed by atoms with Crippen LogP contribution in [0, 0.1) is 0 Å². The van der Waals surface area contributed by atoms with Crippen molar-refractivity contribution in [3.63, 3.8) is 0 Å². The van der Waals surface area contributed by atoms with E-state index in [1.54, 1.807) is 0 Å². The maximum absolute atomic E-state index is 6.06. The lowest BCUT2D eigenvalue weighted by molar-refractivity contribution is 0.254. The molecule has 0 spiro atoms. The first-order valence-corrected chi connectivity index (χ1v) is 8.17. The standard InChI is InChI=1S/C14H23ClN6/c1-3-7-16-13-17-12(15)18-14(19-13)21-8-6-10-4-5-11(9-21)20(10)2/h10-11H,3-9H2,1-2H3,(H,16,17,18,19). The zero-order chi connectivity index (χ0) is 14.8. The number of anilines is 2. The van der Waals surface area contributed by atoms with E-state index in [2.05, 4.69) is 44.0 Å². The Labute approximate surface area is 130 Å². The van der Waals surface area contributed by atoms with E-state index in [0.29, 0.717) is 24.0 Å². The van der Waals surface area contributed by atoms with E-state index >= 15 is 0 Å². The molecule has 0 aromatic carbocycles. The molecule has 3 heterocycles. The molecule has 2 bridgehead atoms. The van der Waals surface area contributed by atoms with Crippen LogP contribution < -0.4 is 10.2 Å². The van der Waals surface area contributed by atoms with Crippen LogP contribution in [0.3, 0.4) is 0 Å². The fourth-order valence-corrected chi connectivity index (χ4v) is 3.44. The van der Waals surface area contributed by atoms with Crippen molar-refractivity contribution in [2.45, 2.75) is 44.7 Å². The maximum Gasteiger partial charge on any atom is 0.231 e. The third-order valence-corrected chi connectivity index (χ3v) is 4.73. The molecule has 2 atom stereocenters. The fourth-order valence-electron chi connectivity index (χ4n) is 3.29. The number of hydrogen-bond acceptors (Lipinski definition) is 6. The van der Waals surface area contributed by atoms with Crippen molar-refractivity contribution in [1.82, 2.24) is 19.9 Å². The zero-order valence-electron chi connectivity index (χ0n) is 12.7. The Kier molecular flexibility index (Phi) is 4.45. The van der Waals surface area contributed by atoms with Crippen LogP contribution in [-0.2, 0) is 0 Å². The molecule has 1 N–H and O–H groups in total. The molecular formula is C14H23ClN6. The fraction of sp³-hybridized carbons (Fsp3) is 0.786. The van der Waals surface area contributed by atoms with Crippen LogP contribution in [0.2, 0.25) is 5.28 Å². The predicted molar refractivity (Wildman–Crippen MR) is 85.0 cm³/mol. The van der Waals surface area contributed by atoms with Gasteiger partial charge in [0, 0.05) is 31.7 Å². The lowest BCUT2D eigenvalue weighted by atomic mass is 10.1. The van der Waals surface area contributed by atoms with Gasteiger partial charge in [0.05, 0.1) is 0 Å². The van der Waals surface area contributed by atoms with Crippen molar-refractivity contribution < 1.29 is 0 Å². The Hall–Kier alpha value is -1.14. The second-order valence-corrected chi connectivity index (χ2v) is 6.28. The van der Waals surface area contributed by atoms with Gasteiger partial charge in [-0.3, -0.25) is 4.90 Å². The van der Waals surface area contributed by atoms with Crippen LogP contribution in [-0.4, -0.2) is 58.6 Å². The first-order chi connectivity index (χ1) is 10.2. The summed E-state index contributed by atoms with van der Waals surface area (Å²) in [6.07, 6.45) is 4.76. The van der Waals surface area contributed by atoms with Crippen molar-refractivity contribution in [2.24, 2.45) is 0 Å². The van der Waals surface area contributed by atoms with Crippen molar-refractivity contribution in [1.29, 1.82) is 0 Å². The van der Waals surface area contributed by atoms with Gasteiger partial charge in [0.1, 0.15) is 0 Å². The minimum atomic E-state index is 0.265. The number of nitrogens with one attached hydrogen (secondary N) is 1. The molecule has 0 radical (unpaired) electrons. The Morgan fingerprint density at radius 2 is 2.00 bits per heavy atom. The van der Waals surface area contributed by atoms with Gasteiger partial charge in [-0.2, -0.15) is 15.0 Å². The van der Waals surface area contributed by atoms with Crippen LogP contribution in [0.5, 0.6) is 0 Å². The van der Waals surface area contributed by atoms with Gasteiger partial charge in [-0.05, 0) is 44.3 Å². The molecule has 0 amide bonds. The van der Waals surface area contributed by atoms with Gasteiger partial charge >= 0.3 is 0 Å². The third-order valence-electron chi connectivity index (χ3n) is 4.56. The lowest BCUT2D eigenvalue weighted by Gasteiger charge is -2.25. The van der Waals surface area contributed by atoms with Crippen molar-refractivity contribution >= 4 is 23.5 Å². The van der Waals surface area contributed by atoms with E-state index in [9.17, 15) is 0 Å². The normalized spacial score (nSPS) is 26.0. The molecular weight excluding hydrogens is 288 g/mol. The number of aromatic nitrogens is 3. The summed E-state index contributed by atoms with van der Waals surface area (Å²) in [5, 5.41) is 3.45. The summed E-state index contributed by atoms with van der Waals surface area (Å²) in [4.78, 5) is 17.8. The average Bonchev–Trinajstić information content (AvgIpc) is 2.69. The first kappa shape index (κ1) is 14.8. The Morgan fingerprint density at radius 3 is 2.81 bits per heavy atom. The predicted octanol–water partition coefficient (Wildman–Crippen LogP) is 2.02. The van der Waals surface area contributed by atoms with Crippen LogP contribution >= 0.6 is 11.6 Å². The quantitative estimate of drug-likeness (QED) is 0.918. The molecule has 7 heteroatoms. The molecule has 2 aliphatic rings. The molecule has 0 aliphatic carbocycles. The summed E-state index contributed by atoms with van der Waals surface area (Å²) >= 11 is 6.06. The summed E-state index contributed by atoms with van der Waals surface area (Å²) in [5.41, 5.74) is 0. The van der Waals surface area contributed by atoms with Gasteiger partial charge in [-0.1, -0.05) is 6.92 Å². The Bertz CT molecular complexity index is 496. The molecule has 2 fully saturated rings. The van der Waals surface area contributed by atoms with Gasteiger partial charge in [-0.15, -0.1) is 0 Å². The van der Waals surface area contributed by atoms with Gasteiger partial charge in [0.2, 0.25) is 17.2 Å². The smallest absolute Gasteiger partial charge is 0.231 e. The molecule has 1 aromatic heterocycles. The SMILES string of the molecule is CCCNc1nc(Cl)nc(N2CCC3CCC(C2)N3C)n1. The summed E-state index contributed by atoms with van der Waals surface area (Å²) in [7, 11) is 2.24. The molecule has 116 valence electrons.